The monoisotopic (exact) mass is 474 g/mol. The van der Waals surface area contributed by atoms with Crippen molar-refractivity contribution in [2.24, 2.45) is 4.99 Å². The van der Waals surface area contributed by atoms with Crippen LogP contribution in [0.5, 0.6) is 0 Å². The number of fused-ring (bicyclic) bond motifs is 1. The summed E-state index contributed by atoms with van der Waals surface area (Å²) in [6, 6.07) is 13.5. The van der Waals surface area contributed by atoms with Gasteiger partial charge in [-0.1, -0.05) is 23.7 Å². The number of hydrogen-bond acceptors (Lipinski definition) is 7. The van der Waals surface area contributed by atoms with E-state index in [1.807, 2.05) is 4.72 Å². The Labute approximate surface area is 187 Å². The SMILES string of the molecule is CNc1ccc2c(c1)N=C(c1ccc(NC(=O)NS(=O)(=O)c3ccc(Cl)s3)cc1)C2=O. The van der Waals surface area contributed by atoms with Crippen LogP contribution in [0, 0.1) is 0 Å². The van der Waals surface area contributed by atoms with Crippen molar-refractivity contribution in [3.63, 3.8) is 0 Å². The number of sulfonamides is 1. The number of aliphatic imine (C=N–C) groups is 1. The van der Waals surface area contributed by atoms with E-state index >= 15 is 0 Å². The second kappa shape index (κ2) is 8.14. The summed E-state index contributed by atoms with van der Waals surface area (Å²) in [5.41, 5.74) is 3.20. The van der Waals surface area contributed by atoms with E-state index in [1.54, 1.807) is 49.5 Å². The predicted octanol–water partition coefficient (Wildman–Crippen LogP) is 4.27. The molecule has 0 unspecified atom stereocenters. The first kappa shape index (κ1) is 21.0. The Balaban J connectivity index is 1.46. The number of urea groups is 1. The van der Waals surface area contributed by atoms with Crippen LogP contribution in [-0.4, -0.2) is 33.0 Å². The molecule has 0 radical (unpaired) electrons. The maximum atomic E-state index is 12.6. The summed E-state index contributed by atoms with van der Waals surface area (Å²) in [5, 5.41) is 5.45. The largest absolute Gasteiger partial charge is 0.388 e. The van der Waals surface area contributed by atoms with Gasteiger partial charge in [0.25, 0.3) is 10.0 Å². The van der Waals surface area contributed by atoms with Crippen LogP contribution >= 0.6 is 22.9 Å². The fraction of sp³-hybridized carbons (Fsp3) is 0.0500. The summed E-state index contributed by atoms with van der Waals surface area (Å²) in [5.74, 6) is -0.184. The second-order valence-electron chi connectivity index (χ2n) is 6.47. The highest BCUT2D eigenvalue weighted by molar-refractivity contribution is 7.92. The number of Topliss-reactive ketones (excluding diaryl/α,β-unsaturated/α-hetero) is 1. The number of halogens is 1. The van der Waals surface area contributed by atoms with E-state index in [9.17, 15) is 18.0 Å². The van der Waals surface area contributed by atoms with Gasteiger partial charge in [0.1, 0.15) is 9.92 Å². The normalized spacial score (nSPS) is 12.8. The zero-order valence-electron chi connectivity index (χ0n) is 16.0. The number of carbonyl (C=O) groups excluding carboxylic acids is 2. The summed E-state index contributed by atoms with van der Waals surface area (Å²) in [7, 11) is -2.24. The molecule has 8 nitrogen and oxygen atoms in total. The summed E-state index contributed by atoms with van der Waals surface area (Å²) in [6.45, 7) is 0. The highest BCUT2D eigenvalue weighted by Gasteiger charge is 2.26. The average molecular weight is 475 g/mol. The molecule has 0 aliphatic carbocycles. The lowest BCUT2D eigenvalue weighted by atomic mass is 10.0. The molecule has 1 aliphatic heterocycles. The van der Waals surface area contributed by atoms with Gasteiger partial charge in [0.05, 0.1) is 15.6 Å². The van der Waals surface area contributed by atoms with E-state index in [0.29, 0.717) is 32.5 Å². The van der Waals surface area contributed by atoms with Gasteiger partial charge in [0, 0.05) is 24.0 Å². The number of hydrogen-bond donors (Lipinski definition) is 3. The van der Waals surface area contributed by atoms with Crippen molar-refractivity contribution in [2.45, 2.75) is 4.21 Å². The zero-order chi connectivity index (χ0) is 22.2. The molecule has 0 atom stereocenters. The number of rotatable bonds is 5. The van der Waals surface area contributed by atoms with Crippen molar-refractivity contribution in [1.29, 1.82) is 0 Å². The Bertz CT molecular complexity index is 1330. The Morgan fingerprint density at radius 2 is 1.74 bits per heavy atom. The van der Waals surface area contributed by atoms with E-state index in [4.69, 9.17) is 11.6 Å². The summed E-state index contributed by atoms with van der Waals surface area (Å²) < 4.78 is 26.5. The molecule has 2 aromatic carbocycles. The molecular formula is C20H15ClN4O4S2. The van der Waals surface area contributed by atoms with Gasteiger partial charge >= 0.3 is 6.03 Å². The first-order valence-electron chi connectivity index (χ1n) is 8.91. The molecule has 158 valence electrons. The molecule has 0 spiro atoms. The maximum Gasteiger partial charge on any atom is 0.333 e. The Morgan fingerprint density at radius 3 is 2.39 bits per heavy atom. The number of anilines is 2. The molecule has 3 aromatic rings. The van der Waals surface area contributed by atoms with Gasteiger partial charge in [0.15, 0.2) is 0 Å². The Hall–Kier alpha value is -3.21. The molecule has 1 aromatic heterocycles. The van der Waals surface area contributed by atoms with E-state index < -0.39 is 16.1 Å². The third-order valence-corrected chi connectivity index (χ3v) is 7.49. The summed E-state index contributed by atoms with van der Waals surface area (Å²) >= 11 is 6.59. The molecule has 0 fully saturated rings. The maximum absolute atomic E-state index is 12.6. The third-order valence-electron chi connectivity index (χ3n) is 4.44. The summed E-state index contributed by atoms with van der Waals surface area (Å²) in [4.78, 5) is 29.2. The highest BCUT2D eigenvalue weighted by Crippen LogP contribution is 2.31. The standard InChI is InChI=1S/C20H15ClN4O4S2/c1-22-13-6-7-14-15(10-13)24-18(19(14)26)11-2-4-12(5-3-11)23-20(27)25-31(28,29)17-9-8-16(21)30-17/h2-10,22H,1H3,(H2,23,25,27). The molecule has 4 rings (SSSR count). The van der Waals surface area contributed by atoms with Gasteiger partial charge in [-0.3, -0.25) is 4.79 Å². The molecule has 0 saturated carbocycles. The molecule has 1 aliphatic rings. The second-order valence-corrected chi connectivity index (χ2v) is 10.1. The number of ketones is 1. The molecule has 0 saturated heterocycles. The molecule has 31 heavy (non-hydrogen) atoms. The van der Waals surface area contributed by atoms with E-state index in [1.165, 1.54) is 12.1 Å². The van der Waals surface area contributed by atoms with Crippen LogP contribution in [0.1, 0.15) is 15.9 Å². The van der Waals surface area contributed by atoms with Gasteiger partial charge in [-0.2, -0.15) is 0 Å². The Morgan fingerprint density at radius 1 is 1.03 bits per heavy atom. The van der Waals surface area contributed by atoms with Crippen molar-refractivity contribution in [2.75, 3.05) is 17.7 Å². The lowest BCUT2D eigenvalue weighted by Gasteiger charge is -2.08. The quantitative estimate of drug-likeness (QED) is 0.510. The minimum atomic E-state index is -4.02. The minimum Gasteiger partial charge on any atom is -0.388 e. The van der Waals surface area contributed by atoms with Crippen molar-refractivity contribution in [3.8, 4) is 0 Å². The van der Waals surface area contributed by atoms with Crippen LogP contribution in [-0.2, 0) is 10.0 Å². The Kier molecular flexibility index (Phi) is 5.52. The average Bonchev–Trinajstić information content (AvgIpc) is 3.32. The van der Waals surface area contributed by atoms with Gasteiger partial charge in [-0.25, -0.2) is 22.9 Å². The van der Waals surface area contributed by atoms with E-state index in [2.05, 4.69) is 15.6 Å². The zero-order valence-corrected chi connectivity index (χ0v) is 18.4. The van der Waals surface area contributed by atoms with Gasteiger partial charge in [-0.15, -0.1) is 11.3 Å². The lowest BCUT2D eigenvalue weighted by Crippen LogP contribution is -2.33. The van der Waals surface area contributed by atoms with Crippen molar-refractivity contribution in [3.05, 3.63) is 70.1 Å². The molecule has 3 N–H and O–H groups in total. The van der Waals surface area contributed by atoms with Gasteiger partial charge in [0.2, 0.25) is 5.78 Å². The van der Waals surface area contributed by atoms with Crippen molar-refractivity contribution >= 4 is 67.5 Å². The predicted molar refractivity (Wildman–Crippen MR) is 122 cm³/mol. The number of nitrogens with one attached hydrogen (secondary N) is 3. The van der Waals surface area contributed by atoms with Crippen molar-refractivity contribution in [1.82, 2.24) is 4.72 Å². The van der Waals surface area contributed by atoms with E-state index in [-0.39, 0.29) is 9.99 Å². The molecule has 0 bridgehead atoms. The van der Waals surface area contributed by atoms with Crippen LogP contribution in [0.3, 0.4) is 0 Å². The lowest BCUT2D eigenvalue weighted by molar-refractivity contribution is 0.107. The first-order valence-corrected chi connectivity index (χ1v) is 11.6. The van der Waals surface area contributed by atoms with Gasteiger partial charge < -0.3 is 10.6 Å². The molecular weight excluding hydrogens is 460 g/mol. The minimum absolute atomic E-state index is 0.0678. The van der Waals surface area contributed by atoms with Crippen LogP contribution in [0.2, 0.25) is 4.34 Å². The molecule has 2 amide bonds. The van der Waals surface area contributed by atoms with Crippen molar-refractivity contribution < 1.29 is 18.0 Å². The first-order chi connectivity index (χ1) is 14.8. The summed E-state index contributed by atoms with van der Waals surface area (Å²) in [6.07, 6.45) is 0. The third kappa shape index (κ3) is 4.31. The number of carbonyl (C=O) groups is 2. The fourth-order valence-electron chi connectivity index (χ4n) is 2.95. The highest BCUT2D eigenvalue weighted by atomic mass is 35.5. The van der Waals surface area contributed by atoms with Crippen LogP contribution in [0.15, 0.2) is 63.8 Å². The smallest absolute Gasteiger partial charge is 0.333 e. The van der Waals surface area contributed by atoms with Gasteiger partial charge in [-0.05, 0) is 42.5 Å². The van der Waals surface area contributed by atoms with Crippen LogP contribution in [0.4, 0.5) is 21.9 Å². The number of nitrogens with zero attached hydrogens (tertiary/aromatic N) is 1. The van der Waals surface area contributed by atoms with Crippen LogP contribution in [0.25, 0.3) is 0 Å². The van der Waals surface area contributed by atoms with E-state index in [0.717, 1.165) is 17.0 Å². The molecule has 11 heteroatoms. The fourth-order valence-corrected chi connectivity index (χ4v) is 5.34. The number of thiophene rings is 1. The number of benzene rings is 2. The molecule has 2 heterocycles. The number of amides is 2. The topological polar surface area (TPSA) is 117 Å². The van der Waals surface area contributed by atoms with Crippen LogP contribution < -0.4 is 15.4 Å².